The molecule has 3 aromatic rings. The lowest BCUT2D eigenvalue weighted by atomic mass is 10.1. The van der Waals surface area contributed by atoms with E-state index in [-0.39, 0.29) is 11.9 Å². The van der Waals surface area contributed by atoms with Gasteiger partial charge in [0, 0.05) is 30.4 Å². The Labute approximate surface area is 164 Å². The molecule has 5 nitrogen and oxygen atoms in total. The van der Waals surface area contributed by atoms with Crippen LogP contribution in [0.15, 0.2) is 54.7 Å². The predicted molar refractivity (Wildman–Crippen MR) is 106 cm³/mol. The largest absolute Gasteiger partial charge is 0.376 e. The van der Waals surface area contributed by atoms with Crippen molar-refractivity contribution in [3.63, 3.8) is 0 Å². The highest BCUT2D eigenvalue weighted by atomic mass is 19.1. The second kappa shape index (κ2) is 8.65. The summed E-state index contributed by atoms with van der Waals surface area (Å²) in [7, 11) is 0. The number of rotatable bonds is 6. The molecular weight excluding hydrogens is 357 g/mol. The van der Waals surface area contributed by atoms with Gasteiger partial charge in [0.05, 0.1) is 37.3 Å². The van der Waals surface area contributed by atoms with Crippen LogP contribution in [0, 0.1) is 12.7 Å². The first kappa shape index (κ1) is 18.8. The number of halogens is 1. The molecule has 0 spiro atoms. The Morgan fingerprint density at radius 2 is 2.07 bits per heavy atom. The van der Waals surface area contributed by atoms with Crippen LogP contribution in [0.25, 0.3) is 16.9 Å². The minimum absolute atomic E-state index is 0.0539. The molecular formula is C22H24FN3O2. The molecule has 2 aromatic carbocycles. The molecule has 0 aliphatic carbocycles. The molecule has 0 unspecified atom stereocenters. The summed E-state index contributed by atoms with van der Waals surface area (Å²) in [4.78, 5) is 0. The number of hydrogen-bond donors (Lipinski definition) is 1. The molecule has 1 saturated heterocycles. The van der Waals surface area contributed by atoms with Crippen molar-refractivity contribution in [3.8, 4) is 16.9 Å². The predicted octanol–water partition coefficient (Wildman–Crippen LogP) is 3.49. The molecule has 1 aliphatic heterocycles. The minimum Gasteiger partial charge on any atom is -0.376 e. The maximum atomic E-state index is 13.8. The van der Waals surface area contributed by atoms with Crippen LogP contribution < -0.4 is 5.32 Å². The van der Waals surface area contributed by atoms with Gasteiger partial charge in [0.2, 0.25) is 0 Å². The van der Waals surface area contributed by atoms with Gasteiger partial charge in [-0.2, -0.15) is 5.10 Å². The van der Waals surface area contributed by atoms with Gasteiger partial charge in [0.15, 0.2) is 0 Å². The molecule has 6 heteroatoms. The monoisotopic (exact) mass is 381 g/mol. The number of nitrogens with zero attached hydrogens (tertiary/aromatic N) is 2. The third-order valence-electron chi connectivity index (χ3n) is 4.73. The van der Waals surface area contributed by atoms with E-state index in [1.807, 2.05) is 29.1 Å². The van der Waals surface area contributed by atoms with E-state index in [4.69, 9.17) is 14.6 Å². The van der Waals surface area contributed by atoms with E-state index >= 15 is 0 Å². The maximum Gasteiger partial charge on any atom is 0.123 e. The van der Waals surface area contributed by atoms with Gasteiger partial charge in [-0.05, 0) is 36.8 Å². The van der Waals surface area contributed by atoms with E-state index in [1.54, 1.807) is 6.07 Å². The minimum atomic E-state index is -0.269. The summed E-state index contributed by atoms with van der Waals surface area (Å²) in [6, 6.07) is 14.7. The van der Waals surface area contributed by atoms with Crippen LogP contribution >= 0.6 is 0 Å². The normalized spacial score (nSPS) is 17.0. The van der Waals surface area contributed by atoms with Crippen LogP contribution in [0.3, 0.4) is 0 Å². The lowest BCUT2D eigenvalue weighted by molar-refractivity contribution is -0.0864. The van der Waals surface area contributed by atoms with Gasteiger partial charge < -0.3 is 14.8 Å². The van der Waals surface area contributed by atoms with Crippen LogP contribution in [-0.4, -0.2) is 42.2 Å². The summed E-state index contributed by atoms with van der Waals surface area (Å²) >= 11 is 0. The second-order valence-electron chi connectivity index (χ2n) is 7.00. The van der Waals surface area contributed by atoms with Gasteiger partial charge in [-0.3, -0.25) is 0 Å². The first-order valence-electron chi connectivity index (χ1n) is 9.50. The van der Waals surface area contributed by atoms with Gasteiger partial charge in [0.25, 0.3) is 0 Å². The first-order valence-corrected chi connectivity index (χ1v) is 9.50. The van der Waals surface area contributed by atoms with Crippen molar-refractivity contribution >= 4 is 0 Å². The summed E-state index contributed by atoms with van der Waals surface area (Å²) < 4.78 is 26.8. The van der Waals surface area contributed by atoms with Gasteiger partial charge in [-0.15, -0.1) is 0 Å². The fraction of sp³-hybridized carbons (Fsp3) is 0.318. The van der Waals surface area contributed by atoms with Crippen molar-refractivity contribution in [3.05, 3.63) is 71.7 Å². The molecule has 146 valence electrons. The Bertz CT molecular complexity index is 935. The molecule has 0 radical (unpaired) electrons. The zero-order valence-electron chi connectivity index (χ0n) is 15.9. The zero-order valence-corrected chi connectivity index (χ0v) is 15.9. The van der Waals surface area contributed by atoms with E-state index in [9.17, 15) is 4.39 Å². The van der Waals surface area contributed by atoms with Gasteiger partial charge in [-0.25, -0.2) is 9.07 Å². The number of benzene rings is 2. The molecule has 4 rings (SSSR count). The molecule has 1 aliphatic rings. The average molecular weight is 381 g/mol. The molecule has 1 atom stereocenters. The Balaban J connectivity index is 1.59. The van der Waals surface area contributed by atoms with Crippen LogP contribution in [0.2, 0.25) is 0 Å². The third kappa shape index (κ3) is 4.47. The fourth-order valence-corrected chi connectivity index (χ4v) is 3.34. The summed E-state index contributed by atoms with van der Waals surface area (Å²) in [6.45, 7) is 5.24. The molecule has 2 heterocycles. The number of nitrogens with one attached hydrogen (secondary N) is 1. The van der Waals surface area contributed by atoms with E-state index in [0.717, 1.165) is 28.1 Å². The van der Waals surface area contributed by atoms with Crippen LogP contribution in [0.4, 0.5) is 4.39 Å². The standard InChI is InChI=1S/C22H24FN3O2/c1-16-4-2-7-20(10-16)26-14-18(12-24-13-21-15-27-8-9-28-21)22(25-26)17-5-3-6-19(23)11-17/h2-7,10-11,14,21,24H,8-9,12-13,15H2,1H3/t21-/m0/s1. The first-order chi connectivity index (χ1) is 13.7. The van der Waals surface area contributed by atoms with Crippen molar-refractivity contribution in [2.45, 2.75) is 19.6 Å². The Kier molecular flexibility index (Phi) is 5.81. The zero-order chi connectivity index (χ0) is 19.3. The smallest absolute Gasteiger partial charge is 0.123 e. The van der Waals surface area contributed by atoms with E-state index in [2.05, 4.69) is 24.4 Å². The second-order valence-corrected chi connectivity index (χ2v) is 7.00. The summed E-state index contributed by atoms with van der Waals surface area (Å²) in [5.74, 6) is -0.269. The number of hydrogen-bond acceptors (Lipinski definition) is 4. The van der Waals surface area contributed by atoms with Crippen molar-refractivity contribution in [2.75, 3.05) is 26.4 Å². The molecule has 28 heavy (non-hydrogen) atoms. The van der Waals surface area contributed by atoms with Gasteiger partial charge in [-0.1, -0.05) is 24.3 Å². The lowest BCUT2D eigenvalue weighted by Gasteiger charge is -2.23. The Morgan fingerprint density at radius 1 is 1.18 bits per heavy atom. The fourth-order valence-electron chi connectivity index (χ4n) is 3.34. The number of ether oxygens (including phenoxy) is 2. The molecule has 0 saturated carbocycles. The highest BCUT2D eigenvalue weighted by Gasteiger charge is 2.16. The lowest BCUT2D eigenvalue weighted by Crippen LogP contribution is -2.37. The van der Waals surface area contributed by atoms with Crippen LogP contribution in [0.5, 0.6) is 0 Å². The summed E-state index contributed by atoms with van der Waals surface area (Å²) in [5, 5.41) is 8.17. The van der Waals surface area contributed by atoms with Crippen LogP contribution in [-0.2, 0) is 16.0 Å². The van der Waals surface area contributed by atoms with E-state index in [0.29, 0.717) is 32.9 Å². The van der Waals surface area contributed by atoms with Crippen molar-refractivity contribution < 1.29 is 13.9 Å². The summed E-state index contributed by atoms with van der Waals surface area (Å²) in [6.07, 6.45) is 2.05. The highest BCUT2D eigenvalue weighted by Crippen LogP contribution is 2.24. The molecule has 1 fully saturated rings. The highest BCUT2D eigenvalue weighted by molar-refractivity contribution is 5.63. The third-order valence-corrected chi connectivity index (χ3v) is 4.73. The average Bonchev–Trinajstić information content (AvgIpc) is 3.13. The quantitative estimate of drug-likeness (QED) is 0.710. The number of aryl methyl sites for hydroxylation is 1. The van der Waals surface area contributed by atoms with Crippen molar-refractivity contribution in [1.82, 2.24) is 15.1 Å². The van der Waals surface area contributed by atoms with E-state index in [1.165, 1.54) is 12.1 Å². The van der Waals surface area contributed by atoms with Crippen molar-refractivity contribution in [2.24, 2.45) is 0 Å². The van der Waals surface area contributed by atoms with Gasteiger partial charge >= 0.3 is 0 Å². The SMILES string of the molecule is Cc1cccc(-n2cc(CNC[C@H]3COCCO3)c(-c3cccc(F)c3)n2)c1. The number of aromatic nitrogens is 2. The van der Waals surface area contributed by atoms with Crippen LogP contribution in [0.1, 0.15) is 11.1 Å². The van der Waals surface area contributed by atoms with E-state index < -0.39 is 0 Å². The molecule has 1 aromatic heterocycles. The topological polar surface area (TPSA) is 48.3 Å². The molecule has 0 bridgehead atoms. The Morgan fingerprint density at radius 3 is 2.86 bits per heavy atom. The Hall–Kier alpha value is -2.54. The molecule has 0 amide bonds. The summed E-state index contributed by atoms with van der Waals surface area (Å²) in [5.41, 5.74) is 4.68. The van der Waals surface area contributed by atoms with Gasteiger partial charge in [0.1, 0.15) is 5.82 Å². The van der Waals surface area contributed by atoms with Crippen molar-refractivity contribution in [1.29, 1.82) is 0 Å². The maximum absolute atomic E-state index is 13.8. The molecule has 1 N–H and O–H groups in total.